The van der Waals surface area contributed by atoms with Crippen LogP contribution in [0.15, 0.2) is 53.3 Å². The number of alkyl halides is 9. The minimum atomic E-state index is -5.77. The molecule has 41 heavy (non-hydrogen) atoms. The molecule has 0 aliphatic heterocycles. The van der Waals surface area contributed by atoms with Gasteiger partial charge in [-0.05, 0) is 24.6 Å². The highest BCUT2D eigenvalue weighted by molar-refractivity contribution is 5.92. The number of rotatable bonds is 8. The summed E-state index contributed by atoms with van der Waals surface area (Å²) in [6.07, 6.45) is -17.1. The molecule has 2 amide bonds. The summed E-state index contributed by atoms with van der Waals surface area (Å²) in [5, 5.41) is 5.08. The lowest BCUT2D eigenvalue weighted by Gasteiger charge is -2.34. The minimum absolute atomic E-state index is 0.0218. The number of nitrogens with one attached hydrogen (secondary N) is 1. The summed E-state index contributed by atoms with van der Waals surface area (Å²) in [5.74, 6) is -4.39. The Balaban J connectivity index is 2.06. The summed E-state index contributed by atoms with van der Waals surface area (Å²) in [6.45, 7) is -0.620. The fourth-order valence-electron chi connectivity index (χ4n) is 3.86. The van der Waals surface area contributed by atoms with E-state index < -0.39 is 72.2 Å². The van der Waals surface area contributed by atoms with Crippen molar-refractivity contribution in [3.8, 4) is 11.4 Å². The van der Waals surface area contributed by atoms with Gasteiger partial charge in [0.25, 0.3) is 5.91 Å². The highest BCUT2D eigenvalue weighted by Gasteiger charge is 2.62. The molecule has 0 aliphatic rings. The van der Waals surface area contributed by atoms with Crippen molar-refractivity contribution in [3.05, 3.63) is 75.7 Å². The Labute approximate surface area is 224 Å². The Morgan fingerprint density at radius 3 is 2.02 bits per heavy atom. The van der Waals surface area contributed by atoms with E-state index in [9.17, 15) is 53.9 Å². The van der Waals surface area contributed by atoms with E-state index in [1.165, 1.54) is 17.4 Å². The molecule has 0 aliphatic carbocycles. The number of nitrogens with two attached hydrogens (primary N) is 1. The quantitative estimate of drug-likeness (QED) is 0.382. The molecular formula is C24H20F9N5O3. The van der Waals surface area contributed by atoms with Crippen LogP contribution in [0.1, 0.15) is 23.1 Å². The van der Waals surface area contributed by atoms with Gasteiger partial charge in [0.15, 0.2) is 5.82 Å². The van der Waals surface area contributed by atoms with E-state index in [2.05, 4.69) is 5.10 Å². The first-order valence-corrected chi connectivity index (χ1v) is 11.4. The maximum atomic E-state index is 14.3. The van der Waals surface area contributed by atoms with Gasteiger partial charge in [-0.2, -0.15) is 39.5 Å². The van der Waals surface area contributed by atoms with Crippen molar-refractivity contribution in [2.24, 2.45) is 5.73 Å². The van der Waals surface area contributed by atoms with Gasteiger partial charge < -0.3 is 11.1 Å². The standard InChI is InChI=1S/C24H20F9N5O3/c1-13-5-7-14(8-6-13)18-36-38(20(41)37(18)10-9-21(25,26)27)12-17(39)35-22(19(34)40,24(31,32)33)15-3-2-4-16(11-15)23(28,29)30/h2-8,11H,9-10,12H2,1H3,(H2,34,40)(H,35,39). The number of nitrogens with zero attached hydrogens (tertiary/aromatic N) is 3. The molecule has 3 N–H and O–H groups in total. The average molecular weight is 597 g/mol. The van der Waals surface area contributed by atoms with Crippen LogP contribution >= 0.6 is 0 Å². The van der Waals surface area contributed by atoms with Gasteiger partial charge in [-0.25, -0.2) is 9.48 Å². The number of aromatic nitrogens is 3. The van der Waals surface area contributed by atoms with E-state index in [0.717, 1.165) is 5.56 Å². The Kier molecular flexibility index (Phi) is 8.32. The highest BCUT2D eigenvalue weighted by Crippen LogP contribution is 2.41. The van der Waals surface area contributed by atoms with Gasteiger partial charge in [-0.15, -0.1) is 5.10 Å². The van der Waals surface area contributed by atoms with Gasteiger partial charge in [0.2, 0.25) is 11.4 Å². The lowest BCUT2D eigenvalue weighted by molar-refractivity contribution is -0.203. The molecule has 1 unspecified atom stereocenters. The topological polar surface area (TPSA) is 112 Å². The minimum Gasteiger partial charge on any atom is -0.367 e. The summed E-state index contributed by atoms with van der Waals surface area (Å²) < 4.78 is 122. The molecular weight excluding hydrogens is 577 g/mol. The largest absolute Gasteiger partial charge is 0.425 e. The molecule has 0 bridgehead atoms. The molecule has 1 aromatic heterocycles. The number of carbonyl (C=O) groups excluding carboxylic acids is 2. The fraction of sp³-hybridized carbons (Fsp3) is 0.333. The van der Waals surface area contributed by atoms with Crippen LogP contribution in [0, 0.1) is 6.92 Å². The molecule has 222 valence electrons. The van der Waals surface area contributed by atoms with Crippen LogP contribution in [-0.2, 0) is 34.4 Å². The van der Waals surface area contributed by atoms with Gasteiger partial charge in [0.05, 0.1) is 12.0 Å². The zero-order chi connectivity index (χ0) is 31.0. The van der Waals surface area contributed by atoms with Crippen LogP contribution in [-0.4, -0.2) is 38.5 Å². The predicted octanol–water partition coefficient (Wildman–Crippen LogP) is 4.05. The van der Waals surface area contributed by atoms with Crippen molar-refractivity contribution >= 4 is 11.8 Å². The zero-order valence-corrected chi connectivity index (χ0v) is 20.8. The van der Waals surface area contributed by atoms with E-state index in [0.29, 0.717) is 22.8 Å². The molecule has 0 saturated carbocycles. The van der Waals surface area contributed by atoms with Crippen molar-refractivity contribution in [2.75, 3.05) is 0 Å². The first-order valence-electron chi connectivity index (χ1n) is 11.4. The van der Waals surface area contributed by atoms with Crippen LogP contribution in [0.4, 0.5) is 39.5 Å². The first kappa shape index (κ1) is 31.2. The maximum absolute atomic E-state index is 14.3. The predicted molar refractivity (Wildman–Crippen MR) is 124 cm³/mol. The summed E-state index contributed by atoms with van der Waals surface area (Å²) >= 11 is 0. The van der Waals surface area contributed by atoms with Crippen LogP contribution in [0.5, 0.6) is 0 Å². The van der Waals surface area contributed by atoms with Crippen LogP contribution in [0.3, 0.4) is 0 Å². The molecule has 0 saturated heterocycles. The fourth-order valence-corrected chi connectivity index (χ4v) is 3.86. The number of amides is 2. The van der Waals surface area contributed by atoms with E-state index >= 15 is 0 Å². The van der Waals surface area contributed by atoms with Crippen LogP contribution in [0.25, 0.3) is 11.4 Å². The summed E-state index contributed by atoms with van der Waals surface area (Å²) in [5.41, 5.74) is -2.59. The van der Waals surface area contributed by atoms with E-state index in [-0.39, 0.29) is 22.1 Å². The third-order valence-corrected chi connectivity index (χ3v) is 5.89. The summed E-state index contributed by atoms with van der Waals surface area (Å²) in [6, 6.07) is 7.34. The first-order chi connectivity index (χ1) is 18.8. The summed E-state index contributed by atoms with van der Waals surface area (Å²) in [4.78, 5) is 37.8. The highest BCUT2D eigenvalue weighted by atomic mass is 19.4. The number of benzene rings is 2. The third kappa shape index (κ3) is 6.71. The Hall–Kier alpha value is -4.31. The van der Waals surface area contributed by atoms with Crippen molar-refractivity contribution in [2.45, 2.75) is 50.5 Å². The van der Waals surface area contributed by atoms with E-state index in [4.69, 9.17) is 5.73 Å². The number of carbonyl (C=O) groups is 2. The van der Waals surface area contributed by atoms with Crippen molar-refractivity contribution < 1.29 is 49.1 Å². The Bertz CT molecular complexity index is 1490. The normalized spacial score (nSPS) is 14.0. The van der Waals surface area contributed by atoms with E-state index in [1.807, 2.05) is 0 Å². The average Bonchev–Trinajstić information content (AvgIpc) is 3.14. The van der Waals surface area contributed by atoms with Gasteiger partial charge in [-0.1, -0.05) is 42.0 Å². The molecule has 3 rings (SSSR count). The number of halogens is 9. The number of hydrogen-bond donors (Lipinski definition) is 2. The molecule has 1 heterocycles. The van der Waals surface area contributed by atoms with Crippen LogP contribution in [0.2, 0.25) is 0 Å². The Morgan fingerprint density at radius 1 is 0.927 bits per heavy atom. The number of aryl methyl sites for hydroxylation is 1. The molecule has 1 atom stereocenters. The second kappa shape index (κ2) is 10.9. The van der Waals surface area contributed by atoms with Gasteiger partial charge in [0.1, 0.15) is 6.54 Å². The van der Waals surface area contributed by atoms with Crippen molar-refractivity contribution in [1.29, 1.82) is 0 Å². The molecule has 3 aromatic rings. The smallest absolute Gasteiger partial charge is 0.367 e. The number of hydrogen-bond acceptors (Lipinski definition) is 4. The van der Waals surface area contributed by atoms with Crippen LogP contribution < -0.4 is 16.7 Å². The van der Waals surface area contributed by atoms with Crippen molar-refractivity contribution in [3.63, 3.8) is 0 Å². The monoisotopic (exact) mass is 597 g/mol. The van der Waals surface area contributed by atoms with Crippen molar-refractivity contribution in [1.82, 2.24) is 19.7 Å². The zero-order valence-electron chi connectivity index (χ0n) is 20.8. The lowest BCUT2D eigenvalue weighted by atomic mass is 9.86. The molecule has 17 heteroatoms. The molecule has 8 nitrogen and oxygen atoms in total. The molecule has 2 aromatic carbocycles. The molecule has 0 fully saturated rings. The Morgan fingerprint density at radius 2 is 1.51 bits per heavy atom. The van der Waals surface area contributed by atoms with E-state index in [1.54, 1.807) is 19.1 Å². The lowest BCUT2D eigenvalue weighted by Crippen LogP contribution is -2.64. The second-order valence-corrected chi connectivity index (χ2v) is 8.89. The third-order valence-electron chi connectivity index (χ3n) is 5.89. The molecule has 0 radical (unpaired) electrons. The second-order valence-electron chi connectivity index (χ2n) is 8.89. The van der Waals surface area contributed by atoms with Gasteiger partial charge >= 0.3 is 24.2 Å². The molecule has 0 spiro atoms. The maximum Gasteiger partial charge on any atom is 0.425 e. The number of primary amides is 1. The SMILES string of the molecule is Cc1ccc(-c2nn(CC(=O)NC(C(N)=O)(c3cccc(C(F)(F)F)c3)C(F)(F)F)c(=O)n2CCC(F)(F)F)cc1. The van der Waals surface area contributed by atoms with Gasteiger partial charge in [-0.3, -0.25) is 14.2 Å². The van der Waals surface area contributed by atoms with Gasteiger partial charge in [0, 0.05) is 12.1 Å². The summed E-state index contributed by atoms with van der Waals surface area (Å²) in [7, 11) is 0.